The van der Waals surface area contributed by atoms with Crippen molar-refractivity contribution in [1.29, 1.82) is 0 Å². The van der Waals surface area contributed by atoms with E-state index in [1.54, 1.807) is 0 Å². The summed E-state index contributed by atoms with van der Waals surface area (Å²) >= 11 is 6.11. The van der Waals surface area contributed by atoms with Crippen LogP contribution in [-0.2, 0) is 5.54 Å². The minimum absolute atomic E-state index is 0.0469. The van der Waals surface area contributed by atoms with Crippen molar-refractivity contribution in [3.05, 3.63) is 46.7 Å². The van der Waals surface area contributed by atoms with Gasteiger partial charge >= 0.3 is 0 Å². The number of nitrogens with zero attached hydrogens (tertiary/aromatic N) is 4. The average molecular weight is 387 g/mol. The number of carbonyl (C=O) groups excluding carboxylic acids is 1. The number of rotatable bonds is 3. The minimum atomic E-state index is -0.109. The van der Waals surface area contributed by atoms with Crippen LogP contribution in [0.2, 0.25) is 5.02 Å². The molecule has 6 heteroatoms. The Morgan fingerprint density at radius 2 is 1.81 bits per heavy atom. The largest absolute Gasteiger partial charge is 0.368 e. The third kappa shape index (κ3) is 3.84. The maximum absolute atomic E-state index is 13.0. The zero-order valence-corrected chi connectivity index (χ0v) is 17.0. The summed E-state index contributed by atoms with van der Waals surface area (Å²) in [5.74, 6) is 0.614. The first-order valence-electron chi connectivity index (χ1n) is 9.73. The van der Waals surface area contributed by atoms with Gasteiger partial charge in [-0.05, 0) is 57.9 Å². The number of hydrogen-bond acceptors (Lipinski definition) is 3. The summed E-state index contributed by atoms with van der Waals surface area (Å²) in [6, 6.07) is 9.92. The van der Waals surface area contributed by atoms with Gasteiger partial charge in [-0.3, -0.25) is 9.48 Å². The van der Waals surface area contributed by atoms with Crippen LogP contribution in [0.1, 0.15) is 55.7 Å². The molecule has 1 amide bonds. The zero-order valence-electron chi connectivity index (χ0n) is 16.3. The topological polar surface area (TPSA) is 41.4 Å². The Hall–Kier alpha value is -2.01. The van der Waals surface area contributed by atoms with E-state index in [-0.39, 0.29) is 11.4 Å². The van der Waals surface area contributed by atoms with Gasteiger partial charge in [0.1, 0.15) is 0 Å². The van der Waals surface area contributed by atoms with E-state index in [0.717, 1.165) is 23.8 Å². The molecule has 5 nitrogen and oxygen atoms in total. The first kappa shape index (κ1) is 18.4. The second-order valence-corrected chi connectivity index (χ2v) is 9.01. The molecule has 1 aromatic carbocycles. The quantitative estimate of drug-likeness (QED) is 0.796. The molecule has 0 radical (unpaired) electrons. The lowest BCUT2D eigenvalue weighted by Crippen LogP contribution is -2.49. The number of halogens is 1. The summed E-state index contributed by atoms with van der Waals surface area (Å²) in [5.41, 5.74) is 2.80. The van der Waals surface area contributed by atoms with E-state index in [1.807, 2.05) is 29.2 Å². The molecule has 0 atom stereocenters. The monoisotopic (exact) mass is 386 g/mol. The van der Waals surface area contributed by atoms with Crippen LogP contribution in [-0.4, -0.2) is 46.8 Å². The molecule has 4 rings (SSSR count). The van der Waals surface area contributed by atoms with Crippen molar-refractivity contribution in [2.45, 2.75) is 45.1 Å². The first-order valence-corrected chi connectivity index (χ1v) is 10.1. The molecule has 2 fully saturated rings. The van der Waals surface area contributed by atoms with Crippen molar-refractivity contribution < 1.29 is 4.79 Å². The van der Waals surface area contributed by atoms with Gasteiger partial charge in [0.2, 0.25) is 0 Å². The molecule has 0 spiro atoms. The minimum Gasteiger partial charge on any atom is -0.368 e. The van der Waals surface area contributed by atoms with Crippen LogP contribution in [0.25, 0.3) is 0 Å². The van der Waals surface area contributed by atoms with E-state index < -0.39 is 0 Å². The Kier molecular flexibility index (Phi) is 4.66. The molecule has 2 aliphatic rings. The molecule has 144 valence electrons. The normalized spacial score (nSPS) is 18.1. The number of amides is 1. The van der Waals surface area contributed by atoms with Gasteiger partial charge in [-0.1, -0.05) is 17.7 Å². The third-order valence-electron chi connectivity index (χ3n) is 5.33. The van der Waals surface area contributed by atoms with Crippen molar-refractivity contribution in [2.75, 3.05) is 31.1 Å². The predicted octanol–water partition coefficient (Wildman–Crippen LogP) is 4.13. The number of aromatic nitrogens is 2. The Morgan fingerprint density at radius 1 is 1.11 bits per heavy atom. The van der Waals surface area contributed by atoms with Crippen LogP contribution in [0.4, 0.5) is 5.69 Å². The van der Waals surface area contributed by atoms with Gasteiger partial charge in [0.05, 0.1) is 5.54 Å². The van der Waals surface area contributed by atoms with Crippen LogP contribution in [0.15, 0.2) is 30.3 Å². The highest BCUT2D eigenvalue weighted by molar-refractivity contribution is 6.30. The molecule has 2 heterocycles. The van der Waals surface area contributed by atoms with Gasteiger partial charge in [0.25, 0.3) is 5.91 Å². The van der Waals surface area contributed by atoms with Crippen LogP contribution < -0.4 is 4.90 Å². The van der Waals surface area contributed by atoms with Crippen molar-refractivity contribution in [3.8, 4) is 0 Å². The number of hydrogen-bond donors (Lipinski definition) is 0. The van der Waals surface area contributed by atoms with Crippen molar-refractivity contribution in [2.24, 2.45) is 0 Å². The molecule has 1 aromatic heterocycles. The van der Waals surface area contributed by atoms with Crippen molar-refractivity contribution in [1.82, 2.24) is 14.7 Å². The van der Waals surface area contributed by atoms with E-state index in [4.69, 9.17) is 16.7 Å². The van der Waals surface area contributed by atoms with Crippen LogP contribution in [0, 0.1) is 0 Å². The molecule has 1 aliphatic carbocycles. The number of benzene rings is 1. The lowest BCUT2D eigenvalue weighted by molar-refractivity contribution is 0.0739. The Balaban J connectivity index is 1.47. The van der Waals surface area contributed by atoms with Crippen molar-refractivity contribution in [3.63, 3.8) is 0 Å². The van der Waals surface area contributed by atoms with Gasteiger partial charge in [-0.2, -0.15) is 5.10 Å². The van der Waals surface area contributed by atoms with Gasteiger partial charge in [0, 0.05) is 48.5 Å². The molecule has 0 N–H and O–H groups in total. The summed E-state index contributed by atoms with van der Waals surface area (Å²) in [6.07, 6.45) is 2.40. The summed E-state index contributed by atoms with van der Waals surface area (Å²) in [6.45, 7) is 9.44. The van der Waals surface area contributed by atoms with E-state index in [0.29, 0.717) is 24.7 Å². The maximum Gasteiger partial charge on any atom is 0.274 e. The van der Waals surface area contributed by atoms with Gasteiger partial charge in [-0.25, -0.2) is 0 Å². The van der Waals surface area contributed by atoms with Gasteiger partial charge in [0.15, 0.2) is 5.69 Å². The molecular formula is C21H27ClN4O. The number of anilines is 1. The third-order valence-corrected chi connectivity index (χ3v) is 5.56. The van der Waals surface area contributed by atoms with Gasteiger partial charge < -0.3 is 9.80 Å². The van der Waals surface area contributed by atoms with E-state index in [2.05, 4.69) is 36.4 Å². The van der Waals surface area contributed by atoms with E-state index in [1.165, 1.54) is 18.5 Å². The van der Waals surface area contributed by atoms with Crippen LogP contribution in [0.5, 0.6) is 0 Å². The van der Waals surface area contributed by atoms with Crippen LogP contribution in [0.3, 0.4) is 0 Å². The molecule has 27 heavy (non-hydrogen) atoms. The summed E-state index contributed by atoms with van der Waals surface area (Å²) in [5, 5.41) is 5.44. The summed E-state index contributed by atoms with van der Waals surface area (Å²) in [4.78, 5) is 17.2. The standard InChI is InChI=1S/C21H27ClN4O/c1-21(2,3)26-19(15-7-8-15)14-18(23-26)20(27)25-11-9-24(10-12-25)17-6-4-5-16(22)13-17/h4-6,13-15H,7-12H2,1-3H3. The highest BCUT2D eigenvalue weighted by Crippen LogP contribution is 2.41. The molecule has 2 aromatic rings. The van der Waals surface area contributed by atoms with Crippen LogP contribution >= 0.6 is 11.6 Å². The van der Waals surface area contributed by atoms with Crippen molar-refractivity contribution >= 4 is 23.2 Å². The lowest BCUT2D eigenvalue weighted by atomic mass is 10.1. The van der Waals surface area contributed by atoms with Gasteiger partial charge in [-0.15, -0.1) is 0 Å². The fraction of sp³-hybridized carbons (Fsp3) is 0.524. The highest BCUT2D eigenvalue weighted by atomic mass is 35.5. The second-order valence-electron chi connectivity index (χ2n) is 8.57. The molecule has 1 saturated heterocycles. The fourth-order valence-electron chi connectivity index (χ4n) is 3.71. The SMILES string of the molecule is CC(C)(C)n1nc(C(=O)N2CCN(c3cccc(Cl)c3)CC2)cc1C1CC1. The Bertz CT molecular complexity index is 842. The lowest BCUT2D eigenvalue weighted by Gasteiger charge is -2.35. The highest BCUT2D eigenvalue weighted by Gasteiger charge is 2.33. The number of piperazine rings is 1. The fourth-order valence-corrected chi connectivity index (χ4v) is 3.89. The molecule has 1 aliphatic heterocycles. The molecular weight excluding hydrogens is 360 g/mol. The average Bonchev–Trinajstić information content (AvgIpc) is 3.38. The predicted molar refractivity (Wildman–Crippen MR) is 109 cm³/mol. The molecule has 1 saturated carbocycles. The van der Waals surface area contributed by atoms with E-state index >= 15 is 0 Å². The number of carbonyl (C=O) groups is 1. The summed E-state index contributed by atoms with van der Waals surface area (Å²) in [7, 11) is 0. The van der Waals surface area contributed by atoms with E-state index in [9.17, 15) is 4.79 Å². The summed E-state index contributed by atoms with van der Waals surface area (Å²) < 4.78 is 2.06. The smallest absolute Gasteiger partial charge is 0.274 e. The Morgan fingerprint density at radius 3 is 2.41 bits per heavy atom. The zero-order chi connectivity index (χ0) is 19.2. The molecule has 0 bridgehead atoms. The maximum atomic E-state index is 13.0. The molecule has 0 unspecified atom stereocenters. The second kappa shape index (κ2) is 6.86. The Labute approximate surface area is 165 Å². The first-order chi connectivity index (χ1) is 12.8.